The highest BCUT2D eigenvalue weighted by molar-refractivity contribution is 5.70. The Labute approximate surface area is 103 Å². The van der Waals surface area contributed by atoms with Crippen LogP contribution in [-0.4, -0.2) is 12.6 Å². The molecule has 1 rings (SSSR count). The van der Waals surface area contributed by atoms with Gasteiger partial charge >= 0.3 is 5.97 Å². The van der Waals surface area contributed by atoms with Crippen LogP contribution in [0.2, 0.25) is 0 Å². The molecule has 0 aromatic carbocycles. The molecule has 0 aliphatic heterocycles. The summed E-state index contributed by atoms with van der Waals surface area (Å²) in [6, 6.07) is 3.79. The fourth-order valence-corrected chi connectivity index (χ4v) is 1.74. The number of carbonyl (C=O) groups excluding carboxylic acids is 1. The quantitative estimate of drug-likeness (QED) is 0.679. The van der Waals surface area contributed by atoms with Crippen molar-refractivity contribution in [3.05, 3.63) is 24.2 Å². The van der Waals surface area contributed by atoms with E-state index in [9.17, 15) is 4.79 Å². The summed E-state index contributed by atoms with van der Waals surface area (Å²) in [5.74, 6) is 1.28. The predicted octanol–water partition coefficient (Wildman–Crippen LogP) is 3.75. The number of rotatable bonds is 7. The van der Waals surface area contributed by atoms with E-state index < -0.39 is 0 Å². The summed E-state index contributed by atoms with van der Waals surface area (Å²) >= 11 is 0. The molecule has 1 aromatic rings. The molecular formula is C14H22O3. The van der Waals surface area contributed by atoms with Gasteiger partial charge in [-0.25, -0.2) is 0 Å². The van der Waals surface area contributed by atoms with Gasteiger partial charge in [0.05, 0.1) is 19.3 Å². The number of hydrogen-bond donors (Lipinski definition) is 0. The van der Waals surface area contributed by atoms with Crippen LogP contribution in [0.25, 0.3) is 0 Å². The maximum absolute atomic E-state index is 11.7. The van der Waals surface area contributed by atoms with Crippen molar-refractivity contribution in [2.24, 2.45) is 5.92 Å². The van der Waals surface area contributed by atoms with Crippen LogP contribution in [-0.2, 0) is 9.53 Å². The highest BCUT2D eigenvalue weighted by Gasteiger charge is 2.18. The van der Waals surface area contributed by atoms with E-state index in [1.165, 1.54) is 0 Å². The third-order valence-corrected chi connectivity index (χ3v) is 2.57. The molecule has 96 valence electrons. The molecule has 1 atom stereocenters. The molecule has 0 bridgehead atoms. The number of hydrogen-bond acceptors (Lipinski definition) is 3. The third-order valence-electron chi connectivity index (χ3n) is 2.57. The minimum absolute atomic E-state index is 0.131. The summed E-state index contributed by atoms with van der Waals surface area (Å²) in [5, 5.41) is 0. The zero-order valence-electron chi connectivity index (χ0n) is 10.9. The summed E-state index contributed by atoms with van der Waals surface area (Å²) in [6.45, 7) is 6.66. The molecule has 3 nitrogen and oxygen atoms in total. The molecule has 0 amide bonds. The Hall–Kier alpha value is -1.25. The Bertz CT molecular complexity index is 314. The predicted molar refractivity (Wildman–Crippen MR) is 66.8 cm³/mol. The lowest BCUT2D eigenvalue weighted by molar-refractivity contribution is -0.145. The van der Waals surface area contributed by atoms with Crippen molar-refractivity contribution in [1.29, 1.82) is 0 Å². The number of carbonyl (C=O) groups is 1. The summed E-state index contributed by atoms with van der Waals surface area (Å²) in [4.78, 5) is 11.7. The van der Waals surface area contributed by atoms with Crippen molar-refractivity contribution < 1.29 is 13.9 Å². The van der Waals surface area contributed by atoms with Gasteiger partial charge in [0, 0.05) is 5.92 Å². The largest absolute Gasteiger partial charge is 0.469 e. The van der Waals surface area contributed by atoms with E-state index in [0.29, 0.717) is 18.9 Å². The SMILES string of the molecule is CCCC(CC(=O)OCC(C)C)c1ccco1. The van der Waals surface area contributed by atoms with Gasteiger partial charge in [-0.2, -0.15) is 0 Å². The first-order valence-corrected chi connectivity index (χ1v) is 6.32. The van der Waals surface area contributed by atoms with Crippen LogP contribution in [0.3, 0.4) is 0 Å². The highest BCUT2D eigenvalue weighted by atomic mass is 16.5. The van der Waals surface area contributed by atoms with Gasteiger partial charge in [-0.3, -0.25) is 4.79 Å². The van der Waals surface area contributed by atoms with Crippen LogP contribution in [0, 0.1) is 5.92 Å². The van der Waals surface area contributed by atoms with Crippen LogP contribution in [0.1, 0.15) is 51.7 Å². The molecule has 0 aliphatic rings. The van der Waals surface area contributed by atoms with Gasteiger partial charge < -0.3 is 9.15 Å². The van der Waals surface area contributed by atoms with E-state index in [-0.39, 0.29) is 11.9 Å². The molecule has 3 heteroatoms. The summed E-state index contributed by atoms with van der Waals surface area (Å²) in [6.07, 6.45) is 4.04. The summed E-state index contributed by atoms with van der Waals surface area (Å²) < 4.78 is 10.6. The zero-order chi connectivity index (χ0) is 12.7. The molecule has 0 aliphatic carbocycles. The van der Waals surface area contributed by atoms with Crippen molar-refractivity contribution in [2.75, 3.05) is 6.61 Å². The first kappa shape index (κ1) is 13.8. The lowest BCUT2D eigenvalue weighted by Crippen LogP contribution is -2.13. The zero-order valence-corrected chi connectivity index (χ0v) is 10.9. The molecule has 1 aromatic heterocycles. The summed E-state index contributed by atoms with van der Waals surface area (Å²) in [5.41, 5.74) is 0. The molecule has 0 saturated carbocycles. The number of esters is 1. The lowest BCUT2D eigenvalue weighted by Gasteiger charge is -2.13. The van der Waals surface area contributed by atoms with Crippen molar-refractivity contribution in [3.8, 4) is 0 Å². The van der Waals surface area contributed by atoms with Crippen molar-refractivity contribution in [2.45, 2.75) is 46.0 Å². The number of ether oxygens (including phenoxy) is 1. The van der Waals surface area contributed by atoms with Crippen molar-refractivity contribution in [3.63, 3.8) is 0 Å². The molecule has 1 heterocycles. The van der Waals surface area contributed by atoms with Gasteiger partial charge in [0.15, 0.2) is 0 Å². The van der Waals surface area contributed by atoms with Gasteiger partial charge in [-0.05, 0) is 24.5 Å². The average molecular weight is 238 g/mol. The van der Waals surface area contributed by atoms with Gasteiger partial charge in [0.25, 0.3) is 0 Å². The minimum atomic E-state index is -0.131. The summed E-state index contributed by atoms with van der Waals surface area (Å²) in [7, 11) is 0. The van der Waals surface area contributed by atoms with Crippen LogP contribution in [0.4, 0.5) is 0 Å². The smallest absolute Gasteiger partial charge is 0.306 e. The second-order valence-electron chi connectivity index (χ2n) is 4.78. The van der Waals surface area contributed by atoms with E-state index in [1.54, 1.807) is 6.26 Å². The first-order valence-electron chi connectivity index (χ1n) is 6.32. The van der Waals surface area contributed by atoms with E-state index in [0.717, 1.165) is 18.6 Å². The fourth-order valence-electron chi connectivity index (χ4n) is 1.74. The molecular weight excluding hydrogens is 216 g/mol. The Kier molecular flexibility index (Phi) is 5.81. The van der Waals surface area contributed by atoms with Crippen LogP contribution < -0.4 is 0 Å². The molecule has 17 heavy (non-hydrogen) atoms. The standard InChI is InChI=1S/C14H22O3/c1-4-6-12(13-7-5-8-16-13)9-14(15)17-10-11(2)3/h5,7-8,11-12H,4,6,9-10H2,1-3H3. The molecule has 0 saturated heterocycles. The molecule has 1 unspecified atom stereocenters. The lowest BCUT2D eigenvalue weighted by atomic mass is 9.97. The van der Waals surface area contributed by atoms with Crippen molar-refractivity contribution >= 4 is 5.97 Å². The Morgan fingerprint density at radius 2 is 2.24 bits per heavy atom. The van der Waals surface area contributed by atoms with E-state index in [2.05, 4.69) is 6.92 Å². The Morgan fingerprint density at radius 3 is 2.76 bits per heavy atom. The maximum atomic E-state index is 11.7. The topological polar surface area (TPSA) is 39.4 Å². The Morgan fingerprint density at radius 1 is 1.47 bits per heavy atom. The van der Waals surface area contributed by atoms with E-state index in [4.69, 9.17) is 9.15 Å². The van der Waals surface area contributed by atoms with Crippen LogP contribution in [0.5, 0.6) is 0 Å². The second-order valence-corrected chi connectivity index (χ2v) is 4.78. The van der Waals surface area contributed by atoms with Gasteiger partial charge in [0.2, 0.25) is 0 Å². The molecule has 0 fully saturated rings. The molecule has 0 spiro atoms. The third kappa shape index (κ3) is 5.07. The van der Waals surface area contributed by atoms with Gasteiger partial charge in [-0.15, -0.1) is 0 Å². The first-order chi connectivity index (χ1) is 8.13. The fraction of sp³-hybridized carbons (Fsp3) is 0.643. The average Bonchev–Trinajstić information content (AvgIpc) is 2.79. The molecule has 0 N–H and O–H groups in total. The minimum Gasteiger partial charge on any atom is -0.469 e. The van der Waals surface area contributed by atoms with Gasteiger partial charge in [-0.1, -0.05) is 27.2 Å². The van der Waals surface area contributed by atoms with Crippen LogP contribution in [0.15, 0.2) is 22.8 Å². The highest BCUT2D eigenvalue weighted by Crippen LogP contribution is 2.25. The van der Waals surface area contributed by atoms with Gasteiger partial charge in [0.1, 0.15) is 5.76 Å². The Balaban J connectivity index is 2.47. The normalized spacial score (nSPS) is 12.7. The maximum Gasteiger partial charge on any atom is 0.306 e. The van der Waals surface area contributed by atoms with E-state index in [1.807, 2.05) is 26.0 Å². The molecule has 0 radical (unpaired) electrons. The monoisotopic (exact) mass is 238 g/mol. The van der Waals surface area contributed by atoms with E-state index >= 15 is 0 Å². The number of furan rings is 1. The second kappa shape index (κ2) is 7.15. The van der Waals surface area contributed by atoms with Crippen molar-refractivity contribution in [1.82, 2.24) is 0 Å². The van der Waals surface area contributed by atoms with Crippen LogP contribution >= 0.6 is 0 Å².